The Morgan fingerprint density at radius 1 is 1.16 bits per heavy atom. The summed E-state index contributed by atoms with van der Waals surface area (Å²) in [6.07, 6.45) is 0. The van der Waals surface area contributed by atoms with Crippen LogP contribution in [0.15, 0.2) is 28.6 Å². The molecule has 1 N–H and O–H groups in total. The number of ether oxygens (including phenoxy) is 2. The van der Waals surface area contributed by atoms with Gasteiger partial charge in [-0.3, -0.25) is 9.59 Å². The quantitative estimate of drug-likeness (QED) is 0.416. The number of thioether (sulfide) groups is 1. The number of aryl methyl sites for hydroxylation is 1. The van der Waals surface area contributed by atoms with Crippen LogP contribution in [0.3, 0.4) is 0 Å². The number of hydrogen-bond acceptors (Lipinski definition) is 9. The molecule has 11 heteroatoms. The van der Waals surface area contributed by atoms with Gasteiger partial charge < -0.3 is 24.6 Å². The number of methoxy groups -OCH3 is 1. The third-order valence-corrected chi connectivity index (χ3v) is 6.75. The van der Waals surface area contributed by atoms with Crippen LogP contribution >= 0.6 is 23.1 Å². The fourth-order valence-corrected chi connectivity index (χ4v) is 4.60. The van der Waals surface area contributed by atoms with E-state index in [-0.39, 0.29) is 18.4 Å². The van der Waals surface area contributed by atoms with Gasteiger partial charge in [-0.05, 0) is 19.1 Å². The molecule has 9 nitrogen and oxygen atoms in total. The number of aromatic nitrogens is 2. The van der Waals surface area contributed by atoms with E-state index in [9.17, 15) is 9.59 Å². The minimum Gasteiger partial charge on any atom is -0.484 e. The van der Waals surface area contributed by atoms with Crippen molar-refractivity contribution in [2.75, 3.05) is 63.7 Å². The van der Waals surface area contributed by atoms with E-state index in [0.29, 0.717) is 50.8 Å². The molecule has 2 heterocycles. The molecule has 1 aromatic carbocycles. The van der Waals surface area contributed by atoms with Gasteiger partial charge in [0.25, 0.3) is 5.91 Å². The van der Waals surface area contributed by atoms with Gasteiger partial charge in [-0.25, -0.2) is 0 Å². The number of amides is 2. The number of anilines is 1. The lowest BCUT2D eigenvalue weighted by Gasteiger charge is -2.34. The van der Waals surface area contributed by atoms with Crippen LogP contribution in [-0.4, -0.2) is 85.7 Å². The summed E-state index contributed by atoms with van der Waals surface area (Å²) in [5.74, 6) is 0.914. The third kappa shape index (κ3) is 7.37. The Morgan fingerprint density at radius 3 is 2.61 bits per heavy atom. The van der Waals surface area contributed by atoms with Crippen molar-refractivity contribution in [3.8, 4) is 5.75 Å². The Balaban J connectivity index is 1.38. The summed E-state index contributed by atoms with van der Waals surface area (Å²) >= 11 is 2.83. The number of carbonyl (C=O) groups is 2. The molecular weight excluding hydrogens is 438 g/mol. The number of nitrogens with one attached hydrogen (secondary N) is 1. The summed E-state index contributed by atoms with van der Waals surface area (Å²) in [6.45, 7) is 5.63. The molecule has 1 fully saturated rings. The summed E-state index contributed by atoms with van der Waals surface area (Å²) in [5.41, 5.74) is 1.15. The average molecular weight is 466 g/mol. The molecule has 1 aliphatic rings. The zero-order valence-electron chi connectivity index (χ0n) is 17.7. The van der Waals surface area contributed by atoms with Crippen molar-refractivity contribution in [2.24, 2.45) is 0 Å². The van der Waals surface area contributed by atoms with Crippen molar-refractivity contribution >= 4 is 40.0 Å². The fourth-order valence-electron chi connectivity index (χ4n) is 2.88. The van der Waals surface area contributed by atoms with E-state index in [1.165, 1.54) is 23.1 Å². The molecule has 1 saturated heterocycles. The van der Waals surface area contributed by atoms with Gasteiger partial charge in [-0.2, -0.15) is 0 Å². The Labute approximate surface area is 190 Å². The molecule has 0 bridgehead atoms. The standard InChI is InChI=1S/C20H27N5O4S2/c1-15-3-5-16(6-4-15)29-13-18(27)24-8-10-25(11-9-24)19-22-23-20(31-19)30-14-17(26)21-7-12-28-2/h3-6H,7-14H2,1-2H3,(H,21,26). The van der Waals surface area contributed by atoms with Gasteiger partial charge in [-0.1, -0.05) is 40.8 Å². The van der Waals surface area contributed by atoms with Crippen molar-refractivity contribution in [3.63, 3.8) is 0 Å². The van der Waals surface area contributed by atoms with Crippen molar-refractivity contribution in [3.05, 3.63) is 29.8 Å². The topological polar surface area (TPSA) is 96.9 Å². The Hall–Kier alpha value is -2.37. The summed E-state index contributed by atoms with van der Waals surface area (Å²) < 4.78 is 11.3. The first-order chi connectivity index (χ1) is 15.0. The zero-order chi connectivity index (χ0) is 22.1. The van der Waals surface area contributed by atoms with Crippen molar-refractivity contribution < 1.29 is 19.1 Å². The first kappa shape index (κ1) is 23.3. The maximum Gasteiger partial charge on any atom is 0.260 e. The van der Waals surface area contributed by atoms with Crippen LogP contribution < -0.4 is 15.0 Å². The highest BCUT2D eigenvalue weighted by Gasteiger charge is 2.23. The molecular formula is C20H27N5O4S2. The normalized spacial score (nSPS) is 13.9. The molecule has 2 aromatic rings. The maximum absolute atomic E-state index is 12.4. The summed E-state index contributed by atoms with van der Waals surface area (Å²) in [7, 11) is 1.60. The Kier molecular flexibility index (Phi) is 8.92. The lowest BCUT2D eigenvalue weighted by atomic mass is 10.2. The number of piperazine rings is 1. The second-order valence-electron chi connectivity index (χ2n) is 6.95. The van der Waals surface area contributed by atoms with Crippen LogP contribution in [0.5, 0.6) is 5.75 Å². The molecule has 31 heavy (non-hydrogen) atoms. The van der Waals surface area contributed by atoms with E-state index in [1.807, 2.05) is 36.1 Å². The summed E-state index contributed by atoms with van der Waals surface area (Å²) in [4.78, 5) is 28.1. The smallest absolute Gasteiger partial charge is 0.260 e. The van der Waals surface area contributed by atoms with Crippen LogP contribution in [0, 0.1) is 6.92 Å². The highest BCUT2D eigenvalue weighted by molar-refractivity contribution is 8.01. The molecule has 0 atom stereocenters. The van der Waals surface area contributed by atoms with E-state index in [0.717, 1.165) is 15.0 Å². The van der Waals surface area contributed by atoms with E-state index in [4.69, 9.17) is 9.47 Å². The number of carbonyl (C=O) groups excluding carboxylic acids is 2. The summed E-state index contributed by atoms with van der Waals surface area (Å²) in [5, 5.41) is 12.0. The van der Waals surface area contributed by atoms with Gasteiger partial charge in [0.2, 0.25) is 11.0 Å². The van der Waals surface area contributed by atoms with Crippen LogP contribution in [0.1, 0.15) is 5.56 Å². The fraction of sp³-hybridized carbons (Fsp3) is 0.500. The number of nitrogens with zero attached hydrogens (tertiary/aromatic N) is 4. The predicted molar refractivity (Wildman–Crippen MR) is 121 cm³/mol. The largest absolute Gasteiger partial charge is 0.484 e. The minimum absolute atomic E-state index is 0.0202. The molecule has 2 amide bonds. The van der Waals surface area contributed by atoms with Gasteiger partial charge in [0.05, 0.1) is 12.4 Å². The number of rotatable bonds is 10. The number of hydrogen-bond donors (Lipinski definition) is 1. The van der Waals surface area contributed by atoms with E-state index >= 15 is 0 Å². The van der Waals surface area contributed by atoms with Gasteiger partial charge in [0.1, 0.15) is 5.75 Å². The first-order valence-electron chi connectivity index (χ1n) is 9.99. The van der Waals surface area contributed by atoms with Crippen molar-refractivity contribution in [1.29, 1.82) is 0 Å². The molecule has 0 saturated carbocycles. The van der Waals surface area contributed by atoms with Gasteiger partial charge in [-0.15, -0.1) is 10.2 Å². The lowest BCUT2D eigenvalue weighted by Crippen LogP contribution is -2.50. The molecule has 0 aliphatic carbocycles. The van der Waals surface area contributed by atoms with Crippen LogP contribution in [0.4, 0.5) is 5.13 Å². The van der Waals surface area contributed by atoms with Crippen LogP contribution in [-0.2, 0) is 14.3 Å². The molecule has 168 valence electrons. The molecule has 0 radical (unpaired) electrons. The first-order valence-corrected chi connectivity index (χ1v) is 11.8. The third-order valence-electron chi connectivity index (χ3n) is 4.64. The molecule has 0 spiro atoms. The zero-order valence-corrected chi connectivity index (χ0v) is 19.3. The SMILES string of the molecule is COCCNC(=O)CSc1nnc(N2CCN(C(=O)COc3ccc(C)cc3)CC2)s1. The highest BCUT2D eigenvalue weighted by atomic mass is 32.2. The van der Waals surface area contributed by atoms with E-state index < -0.39 is 0 Å². The second kappa shape index (κ2) is 11.9. The van der Waals surface area contributed by atoms with E-state index in [1.54, 1.807) is 7.11 Å². The monoisotopic (exact) mass is 465 g/mol. The molecule has 1 aliphatic heterocycles. The average Bonchev–Trinajstić information content (AvgIpc) is 3.26. The Bertz CT molecular complexity index is 854. The lowest BCUT2D eigenvalue weighted by molar-refractivity contribution is -0.133. The van der Waals surface area contributed by atoms with Crippen LogP contribution in [0.2, 0.25) is 0 Å². The van der Waals surface area contributed by atoms with Gasteiger partial charge in [0, 0.05) is 39.8 Å². The molecule has 0 unspecified atom stereocenters. The van der Waals surface area contributed by atoms with Gasteiger partial charge in [0.15, 0.2) is 10.9 Å². The van der Waals surface area contributed by atoms with Crippen LogP contribution in [0.25, 0.3) is 0 Å². The maximum atomic E-state index is 12.4. The minimum atomic E-state index is -0.0567. The molecule has 3 rings (SSSR count). The van der Waals surface area contributed by atoms with E-state index in [2.05, 4.69) is 20.4 Å². The molecule has 1 aromatic heterocycles. The predicted octanol–water partition coefficient (Wildman–Crippen LogP) is 1.43. The van der Waals surface area contributed by atoms with Crippen molar-refractivity contribution in [2.45, 2.75) is 11.3 Å². The number of benzene rings is 1. The Morgan fingerprint density at radius 2 is 1.90 bits per heavy atom. The highest BCUT2D eigenvalue weighted by Crippen LogP contribution is 2.28. The van der Waals surface area contributed by atoms with Crippen molar-refractivity contribution in [1.82, 2.24) is 20.4 Å². The summed E-state index contributed by atoms with van der Waals surface area (Å²) in [6, 6.07) is 7.66. The second-order valence-corrected chi connectivity index (χ2v) is 9.13. The van der Waals surface area contributed by atoms with Gasteiger partial charge >= 0.3 is 0 Å².